The molecule has 1 aromatic rings. The van der Waals surface area contributed by atoms with E-state index < -0.39 is 22.6 Å². The maximum Gasteiger partial charge on any atom is 0.340 e. The van der Waals surface area contributed by atoms with Crippen LogP contribution >= 0.6 is 0 Å². The lowest BCUT2D eigenvalue weighted by atomic mass is 10.1. The van der Waals surface area contributed by atoms with Crippen LogP contribution in [0.5, 0.6) is 0 Å². The number of esters is 1. The number of sulfonamides is 1. The number of hydrogen-bond donors (Lipinski definition) is 1. The summed E-state index contributed by atoms with van der Waals surface area (Å²) in [5, 5.41) is 2.76. The molecule has 2 aliphatic rings. The third kappa shape index (κ3) is 5.77. The third-order valence-electron chi connectivity index (χ3n) is 5.94. The summed E-state index contributed by atoms with van der Waals surface area (Å²) in [6, 6.07) is 4.67. The molecule has 31 heavy (non-hydrogen) atoms. The predicted molar refractivity (Wildman–Crippen MR) is 119 cm³/mol. The Labute approximate surface area is 185 Å². The van der Waals surface area contributed by atoms with Gasteiger partial charge in [-0.2, -0.15) is 4.31 Å². The largest absolute Gasteiger partial charge is 0.452 e. The van der Waals surface area contributed by atoms with Gasteiger partial charge >= 0.3 is 5.97 Å². The molecule has 3 rings (SSSR count). The second-order valence-electron chi connectivity index (χ2n) is 8.29. The van der Waals surface area contributed by atoms with Gasteiger partial charge in [0.2, 0.25) is 10.0 Å². The van der Waals surface area contributed by atoms with Crippen LogP contribution in [0.4, 0.5) is 5.69 Å². The Morgan fingerprint density at radius 3 is 2.35 bits per heavy atom. The molecule has 8 nitrogen and oxygen atoms in total. The fourth-order valence-corrected chi connectivity index (χ4v) is 5.50. The van der Waals surface area contributed by atoms with Gasteiger partial charge in [-0.15, -0.1) is 0 Å². The Kier molecular flexibility index (Phi) is 7.94. The first kappa shape index (κ1) is 23.5. The van der Waals surface area contributed by atoms with Crippen molar-refractivity contribution in [2.75, 3.05) is 37.7 Å². The van der Waals surface area contributed by atoms with E-state index in [1.165, 1.54) is 10.4 Å². The molecule has 1 atom stereocenters. The van der Waals surface area contributed by atoms with E-state index in [-0.39, 0.29) is 22.4 Å². The lowest BCUT2D eigenvalue weighted by molar-refractivity contribution is -0.124. The molecule has 1 N–H and O–H groups in total. The van der Waals surface area contributed by atoms with E-state index in [4.69, 9.17) is 4.74 Å². The molecule has 0 aromatic heterocycles. The first-order valence-electron chi connectivity index (χ1n) is 11.2. The highest BCUT2D eigenvalue weighted by molar-refractivity contribution is 7.89. The Morgan fingerprint density at radius 1 is 1.06 bits per heavy atom. The van der Waals surface area contributed by atoms with Crippen LogP contribution in [-0.2, 0) is 19.6 Å². The quantitative estimate of drug-likeness (QED) is 0.610. The van der Waals surface area contributed by atoms with Crippen molar-refractivity contribution in [1.82, 2.24) is 9.62 Å². The minimum Gasteiger partial charge on any atom is -0.452 e. The highest BCUT2D eigenvalue weighted by Gasteiger charge is 2.29. The number of anilines is 1. The second kappa shape index (κ2) is 10.5. The predicted octanol–water partition coefficient (Wildman–Crippen LogP) is 2.53. The molecular weight excluding hydrogens is 418 g/mol. The molecule has 172 valence electrons. The smallest absolute Gasteiger partial charge is 0.340 e. The Morgan fingerprint density at radius 2 is 1.71 bits per heavy atom. The lowest BCUT2D eigenvalue weighted by Gasteiger charge is -2.27. The lowest BCUT2D eigenvalue weighted by Crippen LogP contribution is -2.36. The highest BCUT2D eigenvalue weighted by Crippen LogP contribution is 2.30. The van der Waals surface area contributed by atoms with Gasteiger partial charge in [-0.25, -0.2) is 13.2 Å². The number of benzene rings is 1. The summed E-state index contributed by atoms with van der Waals surface area (Å²) >= 11 is 0. The van der Waals surface area contributed by atoms with Crippen molar-refractivity contribution in [1.29, 1.82) is 0 Å². The maximum atomic E-state index is 13.1. The van der Waals surface area contributed by atoms with Gasteiger partial charge in [0.1, 0.15) is 0 Å². The van der Waals surface area contributed by atoms with Gasteiger partial charge < -0.3 is 15.0 Å². The number of nitrogens with zero attached hydrogens (tertiary/aromatic N) is 2. The summed E-state index contributed by atoms with van der Waals surface area (Å²) in [5.74, 6) is -1.06. The van der Waals surface area contributed by atoms with Gasteiger partial charge in [0.05, 0.1) is 16.1 Å². The monoisotopic (exact) mass is 451 g/mol. The summed E-state index contributed by atoms with van der Waals surface area (Å²) in [6.07, 6.45) is 5.50. The summed E-state index contributed by atoms with van der Waals surface area (Å²) < 4.78 is 33.0. The molecule has 0 radical (unpaired) electrons. The maximum absolute atomic E-state index is 13.1. The van der Waals surface area contributed by atoms with Crippen molar-refractivity contribution in [3.05, 3.63) is 23.8 Å². The van der Waals surface area contributed by atoms with Crippen LogP contribution < -0.4 is 10.2 Å². The molecule has 1 amide bonds. The molecule has 2 fully saturated rings. The molecule has 0 aliphatic carbocycles. The van der Waals surface area contributed by atoms with Gasteiger partial charge in [-0.3, -0.25) is 4.79 Å². The standard InChI is InChI=1S/C22H33N3O5S/c1-3-17(2)23-21(26)16-30-22(27)19-15-18(9-10-20(19)24-11-7-8-12-24)31(28,29)25-13-5-4-6-14-25/h9-10,15,17H,3-8,11-14,16H2,1-2H3,(H,23,26). The van der Waals surface area contributed by atoms with Crippen LogP contribution in [0.25, 0.3) is 0 Å². The first-order chi connectivity index (χ1) is 14.8. The average molecular weight is 452 g/mol. The number of carbonyl (C=O) groups is 2. The van der Waals surface area contributed by atoms with Crippen LogP contribution in [0.15, 0.2) is 23.1 Å². The highest BCUT2D eigenvalue weighted by atomic mass is 32.2. The number of ether oxygens (including phenoxy) is 1. The molecule has 0 saturated carbocycles. The number of nitrogens with one attached hydrogen (secondary N) is 1. The van der Waals surface area contributed by atoms with Gasteiger partial charge in [-0.05, 0) is 57.2 Å². The van der Waals surface area contributed by atoms with Crippen LogP contribution in [0.2, 0.25) is 0 Å². The number of rotatable bonds is 8. The van der Waals surface area contributed by atoms with Crippen LogP contribution in [-0.4, -0.2) is 63.4 Å². The SMILES string of the molecule is CCC(C)NC(=O)COC(=O)c1cc(S(=O)(=O)N2CCCCC2)ccc1N1CCCC1. The number of hydrogen-bond acceptors (Lipinski definition) is 6. The number of amides is 1. The van der Waals surface area contributed by atoms with Gasteiger partial charge in [0, 0.05) is 32.2 Å². The molecule has 2 heterocycles. The third-order valence-corrected chi connectivity index (χ3v) is 7.84. The average Bonchev–Trinajstić information content (AvgIpc) is 3.32. The molecule has 0 spiro atoms. The first-order valence-corrected chi connectivity index (χ1v) is 12.6. The van der Waals surface area contributed by atoms with Crippen molar-refractivity contribution < 1.29 is 22.7 Å². The van der Waals surface area contributed by atoms with E-state index in [9.17, 15) is 18.0 Å². The van der Waals surface area contributed by atoms with Crippen LogP contribution in [0, 0.1) is 0 Å². The minimum absolute atomic E-state index is 0.00984. The summed E-state index contributed by atoms with van der Waals surface area (Å²) in [4.78, 5) is 27.1. The van der Waals surface area contributed by atoms with Crippen molar-refractivity contribution >= 4 is 27.6 Å². The van der Waals surface area contributed by atoms with Gasteiger partial charge in [-0.1, -0.05) is 13.3 Å². The second-order valence-corrected chi connectivity index (χ2v) is 10.2. The molecule has 1 aromatic carbocycles. The van der Waals surface area contributed by atoms with Crippen molar-refractivity contribution in [2.24, 2.45) is 0 Å². The molecule has 1 unspecified atom stereocenters. The van der Waals surface area contributed by atoms with E-state index in [0.29, 0.717) is 18.8 Å². The Hall–Kier alpha value is -2.13. The molecule has 2 saturated heterocycles. The van der Waals surface area contributed by atoms with Crippen LogP contribution in [0.1, 0.15) is 62.7 Å². The van der Waals surface area contributed by atoms with E-state index >= 15 is 0 Å². The van der Waals surface area contributed by atoms with E-state index in [1.54, 1.807) is 12.1 Å². The summed E-state index contributed by atoms with van der Waals surface area (Å²) in [7, 11) is -3.68. The zero-order chi connectivity index (χ0) is 22.4. The zero-order valence-corrected chi connectivity index (χ0v) is 19.2. The Balaban J connectivity index is 1.84. The fourth-order valence-electron chi connectivity index (χ4n) is 3.95. The van der Waals surface area contributed by atoms with E-state index in [1.807, 2.05) is 13.8 Å². The van der Waals surface area contributed by atoms with Crippen molar-refractivity contribution in [3.63, 3.8) is 0 Å². The fraction of sp³-hybridized carbons (Fsp3) is 0.636. The molecule has 2 aliphatic heterocycles. The summed E-state index contributed by atoms with van der Waals surface area (Å²) in [6.45, 7) is 6.01. The topological polar surface area (TPSA) is 96.0 Å². The normalized spacial score (nSPS) is 18.6. The Bertz CT molecular complexity index is 890. The number of carbonyl (C=O) groups excluding carboxylic acids is 2. The van der Waals surface area contributed by atoms with E-state index in [2.05, 4.69) is 10.2 Å². The molecular formula is C22H33N3O5S. The van der Waals surface area contributed by atoms with E-state index in [0.717, 1.165) is 51.6 Å². The molecule has 9 heteroatoms. The van der Waals surface area contributed by atoms with Crippen molar-refractivity contribution in [2.45, 2.75) is 63.3 Å². The summed E-state index contributed by atoms with van der Waals surface area (Å²) in [5.41, 5.74) is 0.846. The minimum atomic E-state index is -3.68. The molecule has 0 bridgehead atoms. The van der Waals surface area contributed by atoms with Crippen molar-refractivity contribution in [3.8, 4) is 0 Å². The van der Waals surface area contributed by atoms with Crippen LogP contribution in [0.3, 0.4) is 0 Å². The zero-order valence-electron chi connectivity index (χ0n) is 18.4. The van der Waals surface area contributed by atoms with Gasteiger partial charge in [0.15, 0.2) is 6.61 Å². The van der Waals surface area contributed by atoms with Gasteiger partial charge in [0.25, 0.3) is 5.91 Å². The number of piperidine rings is 1.